The average molecular weight is 299 g/mol. The molecule has 2 unspecified atom stereocenters. The van der Waals surface area contributed by atoms with E-state index in [1.807, 2.05) is 6.26 Å². The molecule has 0 spiro atoms. The number of hydrogen-bond donors (Lipinski definition) is 2. The maximum Gasteiger partial charge on any atom is 0.261 e. The summed E-state index contributed by atoms with van der Waals surface area (Å²) in [6.07, 6.45) is 3.25. The minimum Gasteiger partial charge on any atom is -0.396 e. The first-order valence-corrected chi connectivity index (χ1v) is 8.49. The van der Waals surface area contributed by atoms with Crippen LogP contribution >= 0.6 is 23.1 Å². The zero-order chi connectivity index (χ0) is 14.2. The number of rotatable bonds is 3. The second-order valence-corrected chi connectivity index (χ2v) is 7.21. The summed E-state index contributed by atoms with van der Waals surface area (Å²) >= 11 is 3.03. The summed E-state index contributed by atoms with van der Waals surface area (Å²) in [6, 6.07) is 0. The predicted molar refractivity (Wildman–Crippen MR) is 84.2 cm³/mol. The van der Waals surface area contributed by atoms with E-state index in [9.17, 15) is 4.79 Å². The van der Waals surface area contributed by atoms with Crippen molar-refractivity contribution in [1.82, 2.24) is 0 Å². The smallest absolute Gasteiger partial charge is 0.261 e. The maximum atomic E-state index is 11.4. The number of carbonyl (C=O) groups is 1. The van der Waals surface area contributed by atoms with Crippen molar-refractivity contribution in [3.63, 3.8) is 0 Å². The molecule has 4 N–H and O–H groups in total. The Morgan fingerprint density at radius 2 is 1.95 bits per heavy atom. The number of amides is 1. The second-order valence-electron chi connectivity index (χ2n) is 5.40. The van der Waals surface area contributed by atoms with Gasteiger partial charge in [0.05, 0.1) is 10.6 Å². The number of thioether (sulfide) groups is 1. The lowest BCUT2D eigenvalue weighted by molar-refractivity contribution is 0.100. The van der Waals surface area contributed by atoms with Crippen molar-refractivity contribution in [2.24, 2.45) is 17.6 Å². The van der Waals surface area contributed by atoms with Gasteiger partial charge in [-0.15, -0.1) is 23.1 Å². The molecule has 2 rings (SSSR count). The summed E-state index contributed by atoms with van der Waals surface area (Å²) < 4.78 is 0. The molecule has 1 aliphatic heterocycles. The highest BCUT2D eigenvalue weighted by Gasteiger charge is 2.28. The van der Waals surface area contributed by atoms with E-state index in [2.05, 4.69) is 18.7 Å². The summed E-state index contributed by atoms with van der Waals surface area (Å²) in [5.41, 5.74) is 12.0. The Labute approximate surface area is 122 Å². The summed E-state index contributed by atoms with van der Waals surface area (Å²) in [6.45, 7) is 6.59. The Kier molecular flexibility index (Phi) is 4.30. The number of primary amides is 1. The van der Waals surface area contributed by atoms with Crippen molar-refractivity contribution in [2.75, 3.05) is 30.0 Å². The van der Waals surface area contributed by atoms with Crippen molar-refractivity contribution in [3.05, 3.63) is 4.88 Å². The third-order valence-electron chi connectivity index (χ3n) is 3.47. The molecule has 2 atom stereocenters. The Morgan fingerprint density at radius 1 is 1.37 bits per heavy atom. The Bertz CT molecular complexity index is 476. The molecule has 1 aromatic rings. The van der Waals surface area contributed by atoms with E-state index in [0.29, 0.717) is 22.4 Å². The van der Waals surface area contributed by atoms with Crippen LogP contribution in [0, 0.1) is 11.8 Å². The molecule has 1 aromatic heterocycles. The molecule has 0 aliphatic carbocycles. The fraction of sp³-hybridized carbons (Fsp3) is 0.615. The van der Waals surface area contributed by atoms with Gasteiger partial charge in [-0.3, -0.25) is 4.79 Å². The molecule has 0 aromatic carbocycles. The van der Waals surface area contributed by atoms with Crippen LogP contribution < -0.4 is 16.4 Å². The summed E-state index contributed by atoms with van der Waals surface area (Å²) in [5.74, 6) is 0.903. The van der Waals surface area contributed by atoms with Crippen LogP contribution in [0.1, 0.15) is 29.9 Å². The molecular formula is C13H21N3OS2. The number of thiophene rings is 1. The van der Waals surface area contributed by atoms with Crippen LogP contribution in [0.2, 0.25) is 0 Å². The number of anilines is 2. The Hall–Kier alpha value is -0.880. The van der Waals surface area contributed by atoms with Gasteiger partial charge < -0.3 is 16.4 Å². The highest BCUT2D eigenvalue weighted by molar-refractivity contribution is 7.99. The number of hydrogen-bond acceptors (Lipinski definition) is 5. The van der Waals surface area contributed by atoms with E-state index >= 15 is 0 Å². The van der Waals surface area contributed by atoms with E-state index < -0.39 is 5.91 Å². The lowest BCUT2D eigenvalue weighted by Gasteiger charge is -2.36. The van der Waals surface area contributed by atoms with Gasteiger partial charge in [-0.05, 0) is 24.5 Å². The SMILES string of the molecule is CSc1c(N2CC(C)CC(C)C2)sc(C(N)=O)c1N. The average Bonchev–Trinajstić information content (AvgIpc) is 2.65. The Balaban J connectivity index is 2.38. The van der Waals surface area contributed by atoms with Crippen molar-refractivity contribution < 1.29 is 4.79 Å². The largest absolute Gasteiger partial charge is 0.396 e. The van der Waals surface area contributed by atoms with Gasteiger partial charge in [0.15, 0.2) is 0 Å². The number of carbonyl (C=O) groups excluding carboxylic acids is 1. The van der Waals surface area contributed by atoms with E-state index in [1.165, 1.54) is 17.8 Å². The van der Waals surface area contributed by atoms with Crippen molar-refractivity contribution in [1.29, 1.82) is 0 Å². The number of nitrogen functional groups attached to an aromatic ring is 1. The van der Waals surface area contributed by atoms with Crippen molar-refractivity contribution in [2.45, 2.75) is 25.2 Å². The fourth-order valence-electron chi connectivity index (χ4n) is 2.83. The summed E-state index contributed by atoms with van der Waals surface area (Å²) in [5, 5.41) is 1.11. The minimum atomic E-state index is -0.429. The molecular weight excluding hydrogens is 278 g/mol. The molecule has 0 bridgehead atoms. The first kappa shape index (κ1) is 14.5. The predicted octanol–water partition coefficient (Wildman–Crippen LogP) is 2.63. The van der Waals surface area contributed by atoms with Gasteiger partial charge >= 0.3 is 0 Å². The van der Waals surface area contributed by atoms with Crippen LogP contribution in [-0.4, -0.2) is 25.3 Å². The Morgan fingerprint density at radius 3 is 2.42 bits per heavy atom. The van der Waals surface area contributed by atoms with E-state index in [1.54, 1.807) is 11.8 Å². The number of nitrogens with zero attached hydrogens (tertiary/aromatic N) is 1. The van der Waals surface area contributed by atoms with Gasteiger partial charge in [0.2, 0.25) is 0 Å². The molecule has 6 heteroatoms. The van der Waals surface area contributed by atoms with E-state index in [0.717, 1.165) is 23.0 Å². The molecule has 1 fully saturated rings. The van der Waals surface area contributed by atoms with Gasteiger partial charge in [-0.25, -0.2) is 0 Å². The van der Waals surface area contributed by atoms with Crippen LogP contribution in [-0.2, 0) is 0 Å². The van der Waals surface area contributed by atoms with Gasteiger partial charge in [0.1, 0.15) is 9.88 Å². The molecule has 4 nitrogen and oxygen atoms in total. The number of nitrogens with two attached hydrogens (primary N) is 2. The van der Waals surface area contributed by atoms with Crippen molar-refractivity contribution in [3.8, 4) is 0 Å². The van der Waals surface area contributed by atoms with Crippen LogP contribution in [0.3, 0.4) is 0 Å². The minimum absolute atomic E-state index is 0.429. The maximum absolute atomic E-state index is 11.4. The third kappa shape index (κ3) is 2.84. The molecule has 106 valence electrons. The quantitative estimate of drug-likeness (QED) is 0.842. The van der Waals surface area contributed by atoms with E-state index in [4.69, 9.17) is 11.5 Å². The van der Waals surface area contributed by atoms with Gasteiger partial charge in [-0.2, -0.15) is 0 Å². The highest BCUT2D eigenvalue weighted by Crippen LogP contribution is 2.45. The topological polar surface area (TPSA) is 72.3 Å². The lowest BCUT2D eigenvalue weighted by Crippen LogP contribution is -2.38. The van der Waals surface area contributed by atoms with Crippen LogP contribution in [0.15, 0.2) is 4.90 Å². The van der Waals surface area contributed by atoms with E-state index in [-0.39, 0.29) is 0 Å². The molecule has 1 saturated heterocycles. The zero-order valence-electron chi connectivity index (χ0n) is 11.6. The van der Waals surface area contributed by atoms with Gasteiger partial charge in [0, 0.05) is 13.1 Å². The standard InChI is InChI=1S/C13H21N3OS2/c1-7-4-8(2)6-16(5-7)13-11(18-3)9(14)10(19-13)12(15)17/h7-8H,4-6,14H2,1-3H3,(H2,15,17). The molecule has 19 heavy (non-hydrogen) atoms. The van der Waals surface area contributed by atoms with Crippen LogP contribution in [0.5, 0.6) is 0 Å². The first-order valence-electron chi connectivity index (χ1n) is 6.45. The third-order valence-corrected chi connectivity index (χ3v) is 5.70. The molecule has 0 radical (unpaired) electrons. The highest BCUT2D eigenvalue weighted by atomic mass is 32.2. The summed E-state index contributed by atoms with van der Waals surface area (Å²) in [4.78, 5) is 15.3. The number of piperidine rings is 1. The zero-order valence-corrected chi connectivity index (χ0v) is 13.2. The molecule has 0 saturated carbocycles. The summed E-state index contributed by atoms with van der Waals surface area (Å²) in [7, 11) is 0. The normalized spacial score (nSPS) is 23.6. The first-order chi connectivity index (χ1) is 8.93. The lowest BCUT2D eigenvalue weighted by atomic mass is 9.92. The van der Waals surface area contributed by atoms with Gasteiger partial charge in [0.25, 0.3) is 5.91 Å². The second kappa shape index (κ2) is 5.63. The molecule has 1 aliphatic rings. The molecule has 1 amide bonds. The molecule has 2 heterocycles. The van der Waals surface area contributed by atoms with Crippen LogP contribution in [0.4, 0.5) is 10.7 Å². The van der Waals surface area contributed by atoms with Gasteiger partial charge in [-0.1, -0.05) is 13.8 Å². The van der Waals surface area contributed by atoms with Crippen molar-refractivity contribution >= 4 is 39.7 Å². The fourth-order valence-corrected chi connectivity index (χ4v) is 4.89. The van der Waals surface area contributed by atoms with Crippen LogP contribution in [0.25, 0.3) is 0 Å². The monoisotopic (exact) mass is 299 g/mol.